The summed E-state index contributed by atoms with van der Waals surface area (Å²) in [7, 11) is 0. The van der Waals surface area contributed by atoms with Crippen LogP contribution in [0.3, 0.4) is 0 Å². The average molecular weight is 227 g/mol. The summed E-state index contributed by atoms with van der Waals surface area (Å²) in [4.78, 5) is 21.2. The van der Waals surface area contributed by atoms with E-state index in [-0.39, 0.29) is 12.3 Å². The number of carbonyl (C=O) groups is 1. The minimum Gasteiger partial charge on any atom is -0.456 e. The minimum atomic E-state index is -1.34. The summed E-state index contributed by atoms with van der Waals surface area (Å²) in [5.41, 5.74) is -0.590. The molecule has 1 atom stereocenters. The summed E-state index contributed by atoms with van der Waals surface area (Å²) in [6, 6.07) is 2.10. The van der Waals surface area contributed by atoms with Gasteiger partial charge in [0.1, 0.15) is 5.60 Å². The van der Waals surface area contributed by atoms with Gasteiger partial charge >= 0.3 is 11.8 Å². The first-order valence-corrected chi connectivity index (χ1v) is 5.33. The van der Waals surface area contributed by atoms with Crippen LogP contribution in [0.1, 0.15) is 40.5 Å². The number of hydrogen-bond acceptors (Lipinski definition) is 5. The maximum absolute atomic E-state index is 11.7. The second-order valence-corrected chi connectivity index (χ2v) is 4.86. The molecule has 0 aromatic carbocycles. The third-order valence-electron chi connectivity index (χ3n) is 2.18. The number of hydrogen-bond donors (Lipinski definition) is 0. The number of ether oxygens (including phenoxy) is 1. The zero-order valence-corrected chi connectivity index (χ0v) is 10.1. The van der Waals surface area contributed by atoms with E-state index in [9.17, 15) is 4.79 Å². The lowest BCUT2D eigenvalue weighted by Gasteiger charge is -2.21. The highest BCUT2D eigenvalue weighted by atomic mass is 17.4. The van der Waals surface area contributed by atoms with E-state index in [1.807, 2.05) is 6.92 Å². The van der Waals surface area contributed by atoms with Crippen LogP contribution in [0.15, 0.2) is 0 Å². The fourth-order valence-electron chi connectivity index (χ4n) is 1.23. The second kappa shape index (κ2) is 4.40. The van der Waals surface area contributed by atoms with Gasteiger partial charge in [0, 0.05) is 6.42 Å². The van der Waals surface area contributed by atoms with Crippen molar-refractivity contribution in [2.75, 3.05) is 0 Å². The Morgan fingerprint density at radius 2 is 2.06 bits per heavy atom. The van der Waals surface area contributed by atoms with Crippen molar-refractivity contribution in [2.45, 2.75) is 51.9 Å². The fraction of sp³-hybridized carbons (Fsp3) is 0.818. The van der Waals surface area contributed by atoms with Gasteiger partial charge in [0.05, 0.1) is 12.0 Å². The van der Waals surface area contributed by atoms with Crippen molar-refractivity contribution < 1.29 is 19.3 Å². The monoisotopic (exact) mass is 227 g/mol. The summed E-state index contributed by atoms with van der Waals surface area (Å²) in [6.45, 7) is 7.17. The first-order chi connectivity index (χ1) is 7.33. The van der Waals surface area contributed by atoms with Crippen LogP contribution in [0, 0.1) is 17.2 Å². The Balaban J connectivity index is 2.59. The predicted octanol–water partition coefficient (Wildman–Crippen LogP) is 1.93. The van der Waals surface area contributed by atoms with E-state index < -0.39 is 17.4 Å². The molecule has 0 aliphatic carbocycles. The van der Waals surface area contributed by atoms with E-state index >= 15 is 0 Å². The molecule has 0 saturated carbocycles. The van der Waals surface area contributed by atoms with Gasteiger partial charge in [0.2, 0.25) is 0 Å². The Bertz CT molecular complexity index is 309. The molecule has 0 aromatic rings. The first-order valence-electron chi connectivity index (χ1n) is 5.33. The van der Waals surface area contributed by atoms with Crippen molar-refractivity contribution in [1.82, 2.24) is 0 Å². The van der Waals surface area contributed by atoms with E-state index in [1.165, 1.54) is 0 Å². The van der Waals surface area contributed by atoms with Crippen molar-refractivity contribution in [1.29, 1.82) is 5.26 Å². The summed E-state index contributed by atoms with van der Waals surface area (Å²) < 4.78 is 5.16. The number of carbonyl (C=O) groups excluding carboxylic acids is 1. The average Bonchev–Trinajstić information content (AvgIpc) is 2.92. The summed E-state index contributed by atoms with van der Waals surface area (Å²) in [5.74, 6) is -2.17. The third-order valence-corrected chi connectivity index (χ3v) is 2.18. The Labute approximate surface area is 95.2 Å². The maximum Gasteiger partial charge on any atom is 0.373 e. The molecule has 1 aliphatic heterocycles. The van der Waals surface area contributed by atoms with Gasteiger partial charge in [-0.05, 0) is 27.2 Å². The number of nitrogens with zero attached hydrogens (tertiary/aromatic N) is 1. The second-order valence-electron chi connectivity index (χ2n) is 4.86. The molecule has 0 bridgehead atoms. The molecule has 1 aliphatic rings. The van der Waals surface area contributed by atoms with Crippen LogP contribution >= 0.6 is 0 Å². The highest BCUT2D eigenvalue weighted by Gasteiger charge is 2.60. The van der Waals surface area contributed by atoms with Crippen LogP contribution in [-0.2, 0) is 19.3 Å². The molecule has 0 amide bonds. The SMILES string of the molecule is CCC(C#N)CC1(C(=O)OC(C)(C)C)OO1. The molecule has 1 fully saturated rings. The molecule has 90 valence electrons. The van der Waals surface area contributed by atoms with Crippen molar-refractivity contribution >= 4 is 5.97 Å². The molecule has 0 spiro atoms. The lowest BCUT2D eigenvalue weighted by Crippen LogP contribution is -2.35. The summed E-state index contributed by atoms with van der Waals surface area (Å²) in [5, 5.41) is 8.82. The van der Waals surface area contributed by atoms with E-state index in [4.69, 9.17) is 19.8 Å². The maximum atomic E-state index is 11.7. The van der Waals surface area contributed by atoms with E-state index in [1.54, 1.807) is 20.8 Å². The van der Waals surface area contributed by atoms with E-state index in [0.717, 1.165) is 0 Å². The molecule has 0 aromatic heterocycles. The van der Waals surface area contributed by atoms with Crippen LogP contribution in [-0.4, -0.2) is 17.4 Å². The smallest absolute Gasteiger partial charge is 0.373 e. The predicted molar refractivity (Wildman–Crippen MR) is 54.8 cm³/mol. The quantitative estimate of drug-likeness (QED) is 0.416. The Kier molecular flexibility index (Phi) is 3.56. The Hall–Kier alpha value is -1.12. The van der Waals surface area contributed by atoms with Crippen molar-refractivity contribution in [3.8, 4) is 6.07 Å². The normalized spacial score (nSPS) is 19.7. The molecular weight excluding hydrogens is 210 g/mol. The van der Waals surface area contributed by atoms with Gasteiger partial charge in [-0.25, -0.2) is 4.79 Å². The molecule has 5 heteroatoms. The molecule has 1 saturated heterocycles. The van der Waals surface area contributed by atoms with Gasteiger partial charge in [-0.15, -0.1) is 0 Å². The Morgan fingerprint density at radius 1 is 1.50 bits per heavy atom. The van der Waals surface area contributed by atoms with Gasteiger partial charge in [-0.1, -0.05) is 6.92 Å². The molecule has 1 unspecified atom stereocenters. The van der Waals surface area contributed by atoms with Crippen LogP contribution in [0.5, 0.6) is 0 Å². The summed E-state index contributed by atoms with van der Waals surface area (Å²) in [6.07, 6.45) is 0.864. The van der Waals surface area contributed by atoms with Crippen LogP contribution in [0.25, 0.3) is 0 Å². The van der Waals surface area contributed by atoms with E-state index in [2.05, 4.69) is 6.07 Å². The number of rotatable bonds is 4. The molecule has 5 nitrogen and oxygen atoms in total. The molecule has 16 heavy (non-hydrogen) atoms. The molecule has 1 heterocycles. The zero-order valence-electron chi connectivity index (χ0n) is 10.1. The van der Waals surface area contributed by atoms with E-state index in [0.29, 0.717) is 6.42 Å². The molecule has 1 rings (SSSR count). The highest BCUT2D eigenvalue weighted by Crippen LogP contribution is 2.39. The summed E-state index contributed by atoms with van der Waals surface area (Å²) >= 11 is 0. The van der Waals surface area contributed by atoms with Gasteiger partial charge in [-0.2, -0.15) is 15.0 Å². The topological polar surface area (TPSA) is 75.2 Å². The van der Waals surface area contributed by atoms with Crippen molar-refractivity contribution in [3.05, 3.63) is 0 Å². The van der Waals surface area contributed by atoms with Crippen LogP contribution in [0.2, 0.25) is 0 Å². The molecule has 0 radical (unpaired) electrons. The third kappa shape index (κ3) is 3.19. The standard InChI is InChI=1S/C11H17NO4/c1-5-8(7-12)6-11(15-16-11)9(13)14-10(2,3)4/h8H,5-6H2,1-4H3. The molecular formula is C11H17NO4. The zero-order chi connectivity index (χ0) is 12.4. The number of nitriles is 1. The number of esters is 1. The van der Waals surface area contributed by atoms with Gasteiger partial charge in [0.25, 0.3) is 0 Å². The fourth-order valence-corrected chi connectivity index (χ4v) is 1.23. The Morgan fingerprint density at radius 3 is 2.38 bits per heavy atom. The molecule has 0 N–H and O–H groups in total. The highest BCUT2D eigenvalue weighted by molar-refractivity contribution is 5.79. The van der Waals surface area contributed by atoms with Crippen LogP contribution < -0.4 is 0 Å². The van der Waals surface area contributed by atoms with Crippen molar-refractivity contribution in [3.63, 3.8) is 0 Å². The first kappa shape index (κ1) is 12.9. The van der Waals surface area contributed by atoms with Gasteiger partial charge in [-0.3, -0.25) is 0 Å². The largest absolute Gasteiger partial charge is 0.456 e. The van der Waals surface area contributed by atoms with Gasteiger partial charge < -0.3 is 4.74 Å². The van der Waals surface area contributed by atoms with Gasteiger partial charge in [0.15, 0.2) is 0 Å². The lowest BCUT2D eigenvalue weighted by atomic mass is 9.99. The van der Waals surface area contributed by atoms with Crippen LogP contribution in [0.4, 0.5) is 0 Å². The lowest BCUT2D eigenvalue weighted by molar-refractivity contribution is -0.163. The van der Waals surface area contributed by atoms with Crippen molar-refractivity contribution in [2.24, 2.45) is 5.92 Å². The minimum absolute atomic E-state index is 0.217.